The highest BCUT2D eigenvalue weighted by Crippen LogP contribution is 2.31. The van der Waals surface area contributed by atoms with Crippen molar-refractivity contribution in [1.29, 1.82) is 0 Å². The molecule has 0 radical (unpaired) electrons. The molecule has 0 saturated carbocycles. The van der Waals surface area contributed by atoms with Crippen molar-refractivity contribution in [3.8, 4) is 0 Å². The highest BCUT2D eigenvalue weighted by molar-refractivity contribution is 6.39. The van der Waals surface area contributed by atoms with Crippen LogP contribution in [0.4, 0.5) is 5.69 Å². The molecule has 114 valence electrons. The molecule has 0 spiro atoms. The van der Waals surface area contributed by atoms with Crippen LogP contribution in [0.25, 0.3) is 0 Å². The Labute approximate surface area is 133 Å². The zero-order chi connectivity index (χ0) is 15.7. The van der Waals surface area contributed by atoms with Gasteiger partial charge in [0.1, 0.15) is 0 Å². The van der Waals surface area contributed by atoms with E-state index in [4.69, 9.17) is 34.7 Å². The maximum atomic E-state index is 12.6. The molecule has 0 aliphatic carbocycles. The van der Waals surface area contributed by atoms with E-state index >= 15 is 0 Å². The van der Waals surface area contributed by atoms with Gasteiger partial charge in [-0.05, 0) is 31.9 Å². The topological polar surface area (TPSA) is 89.4 Å². The third kappa shape index (κ3) is 3.24. The van der Waals surface area contributed by atoms with Crippen molar-refractivity contribution < 1.29 is 9.59 Å². The van der Waals surface area contributed by atoms with Crippen molar-refractivity contribution in [3.05, 3.63) is 27.7 Å². The van der Waals surface area contributed by atoms with Gasteiger partial charge < -0.3 is 16.4 Å². The fourth-order valence-electron chi connectivity index (χ4n) is 2.50. The van der Waals surface area contributed by atoms with Gasteiger partial charge in [-0.1, -0.05) is 23.2 Å². The van der Waals surface area contributed by atoms with E-state index < -0.39 is 0 Å². The molecule has 1 saturated heterocycles. The summed E-state index contributed by atoms with van der Waals surface area (Å²) >= 11 is 11.9. The Kier molecular flexibility index (Phi) is 4.64. The van der Waals surface area contributed by atoms with Crippen molar-refractivity contribution in [3.63, 3.8) is 0 Å². The summed E-state index contributed by atoms with van der Waals surface area (Å²) in [7, 11) is 0. The van der Waals surface area contributed by atoms with Gasteiger partial charge in [0.05, 0.1) is 21.7 Å². The lowest BCUT2D eigenvalue weighted by Crippen LogP contribution is -2.48. The second-order valence-electron chi connectivity index (χ2n) is 5.34. The fourth-order valence-corrected chi connectivity index (χ4v) is 2.98. The summed E-state index contributed by atoms with van der Waals surface area (Å²) < 4.78 is 0. The maximum absolute atomic E-state index is 12.6. The van der Waals surface area contributed by atoms with Crippen LogP contribution in [0.1, 0.15) is 30.1 Å². The molecule has 1 aromatic rings. The summed E-state index contributed by atoms with van der Waals surface area (Å²) in [6.45, 7) is 2.25. The average molecular weight is 330 g/mol. The van der Waals surface area contributed by atoms with Gasteiger partial charge in [-0.2, -0.15) is 0 Å². The Bertz CT molecular complexity index is 569. The minimum absolute atomic E-state index is 0.0307. The maximum Gasteiger partial charge on any atom is 0.254 e. The van der Waals surface area contributed by atoms with Gasteiger partial charge >= 0.3 is 0 Å². The second kappa shape index (κ2) is 6.12. The summed E-state index contributed by atoms with van der Waals surface area (Å²) in [6, 6.07) is 3.01. The van der Waals surface area contributed by atoms with Gasteiger partial charge in [-0.25, -0.2) is 0 Å². The number of rotatable bonds is 2. The molecule has 0 aromatic heterocycles. The number of halogens is 2. The quantitative estimate of drug-likeness (QED) is 0.816. The summed E-state index contributed by atoms with van der Waals surface area (Å²) in [6.07, 6.45) is 1.43. The van der Waals surface area contributed by atoms with Gasteiger partial charge in [0.15, 0.2) is 0 Å². The summed E-state index contributed by atoms with van der Waals surface area (Å²) in [5.41, 5.74) is 11.6. The number of carbonyl (C=O) groups is 2. The number of nitrogens with zero attached hydrogens (tertiary/aromatic N) is 1. The van der Waals surface area contributed by atoms with Crippen LogP contribution in [-0.4, -0.2) is 29.3 Å². The number of anilines is 1. The molecule has 0 bridgehead atoms. The van der Waals surface area contributed by atoms with E-state index in [-0.39, 0.29) is 39.5 Å². The first-order valence-corrected chi connectivity index (χ1v) is 7.41. The molecule has 2 amide bonds. The van der Waals surface area contributed by atoms with Crippen molar-refractivity contribution in [2.75, 3.05) is 12.3 Å². The van der Waals surface area contributed by atoms with E-state index in [9.17, 15) is 9.59 Å². The van der Waals surface area contributed by atoms with Gasteiger partial charge in [-0.15, -0.1) is 0 Å². The standard InChI is InChI=1S/C14H17Cl2N3O2/c1-7-2-3-8(13(18)20)6-19(7)14(21)9-4-10(15)12(17)11(16)5-9/h4-5,7-8H,2-3,6,17H2,1H3,(H2,18,20). The highest BCUT2D eigenvalue weighted by atomic mass is 35.5. The smallest absolute Gasteiger partial charge is 0.254 e. The van der Waals surface area contributed by atoms with Crippen molar-refractivity contribution in [1.82, 2.24) is 4.90 Å². The molecule has 2 unspecified atom stereocenters. The zero-order valence-corrected chi connectivity index (χ0v) is 13.1. The molecule has 1 fully saturated rings. The SMILES string of the molecule is CC1CCC(C(N)=O)CN1C(=O)c1cc(Cl)c(N)c(Cl)c1. The van der Waals surface area contributed by atoms with E-state index in [0.29, 0.717) is 18.5 Å². The van der Waals surface area contributed by atoms with Crippen molar-refractivity contribution in [2.24, 2.45) is 11.7 Å². The average Bonchev–Trinajstić information content (AvgIpc) is 2.43. The Hall–Kier alpha value is -1.46. The Morgan fingerprint density at radius 1 is 1.24 bits per heavy atom. The van der Waals surface area contributed by atoms with Crippen molar-refractivity contribution >= 4 is 40.7 Å². The minimum atomic E-state index is -0.381. The molecule has 4 N–H and O–H groups in total. The molecular formula is C14H17Cl2N3O2. The van der Waals surface area contributed by atoms with Gasteiger partial charge in [-0.3, -0.25) is 9.59 Å². The Balaban J connectivity index is 2.27. The molecule has 2 atom stereocenters. The van der Waals surface area contributed by atoms with Crippen LogP contribution in [-0.2, 0) is 4.79 Å². The summed E-state index contributed by atoms with van der Waals surface area (Å²) in [5.74, 6) is -0.921. The number of benzene rings is 1. The predicted octanol–water partition coefficient (Wildman–Crippen LogP) is 2.30. The van der Waals surface area contributed by atoms with Crippen LogP contribution >= 0.6 is 23.2 Å². The third-order valence-electron chi connectivity index (χ3n) is 3.87. The minimum Gasteiger partial charge on any atom is -0.396 e. The first-order valence-electron chi connectivity index (χ1n) is 6.66. The Morgan fingerprint density at radius 2 is 1.81 bits per heavy atom. The molecule has 7 heteroatoms. The van der Waals surface area contributed by atoms with E-state index in [1.54, 1.807) is 4.90 Å². The molecule has 2 rings (SSSR count). The Morgan fingerprint density at radius 3 is 2.33 bits per heavy atom. The number of nitrogen functional groups attached to an aromatic ring is 1. The van der Waals surface area contributed by atoms with Gasteiger partial charge in [0, 0.05) is 18.2 Å². The lowest BCUT2D eigenvalue weighted by molar-refractivity contribution is -0.123. The van der Waals surface area contributed by atoms with E-state index in [1.807, 2.05) is 6.92 Å². The molecule has 1 aliphatic heterocycles. The zero-order valence-electron chi connectivity index (χ0n) is 11.6. The highest BCUT2D eigenvalue weighted by Gasteiger charge is 2.32. The monoisotopic (exact) mass is 329 g/mol. The largest absolute Gasteiger partial charge is 0.396 e. The van der Waals surface area contributed by atoms with E-state index in [0.717, 1.165) is 6.42 Å². The van der Waals surface area contributed by atoms with E-state index in [2.05, 4.69) is 0 Å². The number of hydrogen-bond acceptors (Lipinski definition) is 3. The number of carbonyl (C=O) groups excluding carboxylic acids is 2. The molecule has 21 heavy (non-hydrogen) atoms. The van der Waals surface area contributed by atoms with Gasteiger partial charge in [0.2, 0.25) is 5.91 Å². The lowest BCUT2D eigenvalue weighted by atomic mass is 9.92. The summed E-state index contributed by atoms with van der Waals surface area (Å²) in [5, 5.41) is 0.476. The lowest BCUT2D eigenvalue weighted by Gasteiger charge is -2.37. The van der Waals surface area contributed by atoms with Crippen LogP contribution in [0.15, 0.2) is 12.1 Å². The first kappa shape index (κ1) is 15.9. The summed E-state index contributed by atoms with van der Waals surface area (Å²) in [4.78, 5) is 25.6. The number of likely N-dealkylation sites (tertiary alicyclic amines) is 1. The van der Waals surface area contributed by atoms with Crippen LogP contribution in [0.3, 0.4) is 0 Å². The molecule has 1 aromatic carbocycles. The molecule has 1 heterocycles. The number of hydrogen-bond donors (Lipinski definition) is 2. The van der Waals surface area contributed by atoms with Crippen LogP contribution in [0.2, 0.25) is 10.0 Å². The van der Waals surface area contributed by atoms with Crippen LogP contribution < -0.4 is 11.5 Å². The number of nitrogens with two attached hydrogens (primary N) is 2. The van der Waals surface area contributed by atoms with Crippen LogP contribution in [0.5, 0.6) is 0 Å². The van der Waals surface area contributed by atoms with Gasteiger partial charge in [0.25, 0.3) is 5.91 Å². The second-order valence-corrected chi connectivity index (χ2v) is 6.15. The van der Waals surface area contributed by atoms with Crippen LogP contribution in [0, 0.1) is 5.92 Å². The van der Waals surface area contributed by atoms with Crippen molar-refractivity contribution in [2.45, 2.75) is 25.8 Å². The molecule has 1 aliphatic rings. The fraction of sp³-hybridized carbons (Fsp3) is 0.429. The first-order chi connectivity index (χ1) is 9.81. The molecular weight excluding hydrogens is 313 g/mol. The normalized spacial score (nSPS) is 22.1. The molecule has 5 nitrogen and oxygen atoms in total. The number of amides is 2. The third-order valence-corrected chi connectivity index (χ3v) is 4.50. The predicted molar refractivity (Wildman–Crippen MR) is 83.3 cm³/mol. The number of primary amides is 1. The number of piperidine rings is 1. The van der Waals surface area contributed by atoms with E-state index in [1.165, 1.54) is 12.1 Å².